The van der Waals surface area contributed by atoms with Crippen LogP contribution in [-0.4, -0.2) is 35.1 Å². The molecule has 0 saturated heterocycles. The maximum atomic E-state index is 5.95. The summed E-state index contributed by atoms with van der Waals surface area (Å²) in [6.07, 6.45) is 2.08. The van der Waals surface area contributed by atoms with Crippen LogP contribution in [0.2, 0.25) is 5.28 Å². The van der Waals surface area contributed by atoms with Crippen LogP contribution in [0.3, 0.4) is 0 Å². The molecule has 1 heterocycles. The Kier molecular flexibility index (Phi) is 4.68. The Balaban J connectivity index is 3.03. The highest BCUT2D eigenvalue weighted by Crippen LogP contribution is 2.25. The van der Waals surface area contributed by atoms with Crippen LogP contribution in [0.25, 0.3) is 0 Å². The number of aromatic nitrogens is 2. The van der Waals surface area contributed by atoms with E-state index >= 15 is 0 Å². The first kappa shape index (κ1) is 13.4. The molecule has 1 unspecified atom stereocenters. The van der Waals surface area contributed by atoms with Crippen LogP contribution in [-0.2, 0) is 0 Å². The maximum absolute atomic E-state index is 5.95. The Bertz CT molecular complexity index is 372. The molecule has 1 rings (SSSR count). The molecule has 16 heavy (non-hydrogen) atoms. The van der Waals surface area contributed by atoms with Crippen LogP contribution in [0.5, 0.6) is 0 Å². The molecule has 0 amide bonds. The van der Waals surface area contributed by atoms with Gasteiger partial charge in [-0.05, 0) is 31.7 Å². The molecule has 1 aromatic rings. The summed E-state index contributed by atoms with van der Waals surface area (Å²) >= 11 is 7.63. The first-order chi connectivity index (χ1) is 7.47. The molecule has 0 aliphatic rings. The molecule has 0 fully saturated rings. The summed E-state index contributed by atoms with van der Waals surface area (Å²) in [4.78, 5) is 10.2. The van der Waals surface area contributed by atoms with Crippen molar-refractivity contribution in [1.29, 1.82) is 0 Å². The van der Waals surface area contributed by atoms with E-state index in [1.807, 2.05) is 18.9 Å². The molecule has 0 saturated carbocycles. The summed E-state index contributed by atoms with van der Waals surface area (Å²) < 4.78 is 0. The van der Waals surface area contributed by atoms with E-state index in [0.29, 0.717) is 17.5 Å². The highest BCUT2D eigenvalue weighted by Gasteiger charge is 2.16. The molecular weight excluding hydrogens is 244 g/mol. The largest absolute Gasteiger partial charge is 0.394 e. The molecule has 0 aliphatic heterocycles. The summed E-state index contributed by atoms with van der Waals surface area (Å²) in [6, 6.07) is 0.350. The molecule has 6 heteroatoms. The van der Waals surface area contributed by atoms with Crippen LogP contribution in [0.15, 0.2) is 0 Å². The number of nitrogens with two attached hydrogens (primary N) is 1. The van der Waals surface area contributed by atoms with Crippen molar-refractivity contribution in [2.45, 2.75) is 19.9 Å². The zero-order chi connectivity index (χ0) is 12.3. The third kappa shape index (κ3) is 2.92. The van der Waals surface area contributed by atoms with E-state index in [0.717, 1.165) is 11.4 Å². The number of nitrogen functional groups attached to an aromatic ring is 1. The lowest BCUT2D eigenvalue weighted by molar-refractivity contribution is 0.752. The lowest BCUT2D eigenvalue weighted by Crippen LogP contribution is -2.32. The number of anilines is 2. The molecule has 1 atom stereocenters. The fourth-order valence-electron chi connectivity index (χ4n) is 1.36. The lowest BCUT2D eigenvalue weighted by atomic mass is 10.3. The van der Waals surface area contributed by atoms with Crippen molar-refractivity contribution >= 4 is 34.9 Å². The van der Waals surface area contributed by atoms with E-state index in [1.165, 1.54) is 0 Å². The standard InChI is InChI=1S/C10H17ClN4S/c1-6(5-16-4)15(3)9-8(12)7(2)13-10(11)14-9/h6H,5,12H2,1-4H3. The molecule has 0 radical (unpaired) electrons. The number of rotatable bonds is 4. The second-order valence-corrected chi connectivity index (χ2v) is 4.98. The molecular formula is C10H17ClN4S. The van der Waals surface area contributed by atoms with E-state index in [2.05, 4.69) is 23.1 Å². The van der Waals surface area contributed by atoms with Crippen LogP contribution in [0, 0.1) is 6.92 Å². The lowest BCUT2D eigenvalue weighted by Gasteiger charge is -2.26. The first-order valence-electron chi connectivity index (χ1n) is 4.98. The van der Waals surface area contributed by atoms with Crippen LogP contribution < -0.4 is 10.6 Å². The van der Waals surface area contributed by atoms with Gasteiger partial charge in [0, 0.05) is 18.8 Å². The molecule has 0 bridgehead atoms. The molecule has 90 valence electrons. The Morgan fingerprint density at radius 3 is 2.69 bits per heavy atom. The third-order valence-electron chi connectivity index (χ3n) is 2.49. The number of hydrogen-bond donors (Lipinski definition) is 1. The van der Waals surface area contributed by atoms with E-state index in [1.54, 1.807) is 11.8 Å². The van der Waals surface area contributed by atoms with E-state index in [-0.39, 0.29) is 5.28 Å². The average molecular weight is 261 g/mol. The fourth-order valence-corrected chi connectivity index (χ4v) is 2.28. The van der Waals surface area contributed by atoms with Crippen LogP contribution in [0.4, 0.5) is 11.5 Å². The van der Waals surface area contributed by atoms with Gasteiger partial charge in [-0.25, -0.2) is 4.98 Å². The monoisotopic (exact) mass is 260 g/mol. The van der Waals surface area contributed by atoms with E-state index in [9.17, 15) is 0 Å². The third-order valence-corrected chi connectivity index (χ3v) is 3.48. The highest BCUT2D eigenvalue weighted by molar-refractivity contribution is 7.98. The van der Waals surface area contributed by atoms with Gasteiger partial charge < -0.3 is 10.6 Å². The van der Waals surface area contributed by atoms with Gasteiger partial charge in [0.05, 0.1) is 11.4 Å². The smallest absolute Gasteiger partial charge is 0.224 e. The predicted molar refractivity (Wildman–Crippen MR) is 72.4 cm³/mol. The van der Waals surface area contributed by atoms with Gasteiger partial charge >= 0.3 is 0 Å². The minimum Gasteiger partial charge on any atom is -0.394 e. The van der Waals surface area contributed by atoms with Gasteiger partial charge in [-0.3, -0.25) is 0 Å². The normalized spacial score (nSPS) is 12.6. The molecule has 0 aromatic carbocycles. The highest BCUT2D eigenvalue weighted by atomic mass is 35.5. The van der Waals surface area contributed by atoms with Crippen molar-refractivity contribution in [2.24, 2.45) is 0 Å². The summed E-state index contributed by atoms with van der Waals surface area (Å²) in [5.41, 5.74) is 7.27. The van der Waals surface area contributed by atoms with Crippen LogP contribution >= 0.6 is 23.4 Å². The predicted octanol–water partition coefficient (Wildman–Crippen LogP) is 2.21. The van der Waals surface area contributed by atoms with Crippen molar-refractivity contribution < 1.29 is 0 Å². The van der Waals surface area contributed by atoms with Crippen molar-refractivity contribution in [2.75, 3.05) is 29.7 Å². The number of halogens is 1. The minimum absolute atomic E-state index is 0.241. The SMILES string of the molecule is CSCC(C)N(C)c1nc(Cl)nc(C)c1N. The van der Waals surface area contributed by atoms with Crippen LogP contribution in [0.1, 0.15) is 12.6 Å². The molecule has 2 N–H and O–H groups in total. The Morgan fingerprint density at radius 1 is 1.50 bits per heavy atom. The van der Waals surface area contributed by atoms with Gasteiger partial charge in [0.2, 0.25) is 5.28 Å². The Morgan fingerprint density at radius 2 is 2.12 bits per heavy atom. The zero-order valence-corrected chi connectivity index (χ0v) is 11.6. The van der Waals surface area contributed by atoms with Gasteiger partial charge in [0.1, 0.15) is 0 Å². The van der Waals surface area contributed by atoms with E-state index < -0.39 is 0 Å². The van der Waals surface area contributed by atoms with Gasteiger partial charge in [-0.1, -0.05) is 0 Å². The average Bonchev–Trinajstić information content (AvgIpc) is 2.22. The van der Waals surface area contributed by atoms with Gasteiger partial charge in [-0.2, -0.15) is 16.7 Å². The first-order valence-corrected chi connectivity index (χ1v) is 6.76. The number of hydrogen-bond acceptors (Lipinski definition) is 5. The summed E-state index contributed by atoms with van der Waals surface area (Å²) in [7, 11) is 1.97. The van der Waals surface area contributed by atoms with Crippen molar-refractivity contribution in [3.8, 4) is 0 Å². The van der Waals surface area contributed by atoms with E-state index in [4.69, 9.17) is 17.3 Å². The number of thioether (sulfide) groups is 1. The topological polar surface area (TPSA) is 55.0 Å². The minimum atomic E-state index is 0.241. The maximum Gasteiger partial charge on any atom is 0.224 e. The summed E-state index contributed by atoms with van der Waals surface area (Å²) in [5, 5.41) is 0.241. The Hall–Kier alpha value is -0.680. The van der Waals surface area contributed by atoms with Crippen molar-refractivity contribution in [3.05, 3.63) is 11.0 Å². The van der Waals surface area contributed by atoms with Gasteiger partial charge in [0.15, 0.2) is 5.82 Å². The molecule has 4 nitrogen and oxygen atoms in total. The van der Waals surface area contributed by atoms with Gasteiger partial charge in [0.25, 0.3) is 0 Å². The molecule has 0 aliphatic carbocycles. The quantitative estimate of drug-likeness (QED) is 0.842. The number of nitrogens with zero attached hydrogens (tertiary/aromatic N) is 3. The van der Waals surface area contributed by atoms with Crippen molar-refractivity contribution in [3.63, 3.8) is 0 Å². The summed E-state index contributed by atoms with van der Waals surface area (Å²) in [5.74, 6) is 1.72. The Labute approximate surface area is 106 Å². The fraction of sp³-hybridized carbons (Fsp3) is 0.600. The van der Waals surface area contributed by atoms with Gasteiger partial charge in [-0.15, -0.1) is 0 Å². The molecule has 0 spiro atoms. The summed E-state index contributed by atoms with van der Waals surface area (Å²) in [6.45, 7) is 3.96. The molecule has 1 aromatic heterocycles. The second kappa shape index (κ2) is 5.59. The number of aryl methyl sites for hydroxylation is 1. The zero-order valence-electron chi connectivity index (χ0n) is 9.99. The van der Waals surface area contributed by atoms with Crippen molar-refractivity contribution in [1.82, 2.24) is 9.97 Å². The second-order valence-electron chi connectivity index (χ2n) is 3.73.